The maximum absolute atomic E-state index is 11.2. The Balaban J connectivity index is 2.86. The Morgan fingerprint density at radius 2 is 2.28 bits per heavy atom. The summed E-state index contributed by atoms with van der Waals surface area (Å²) in [4.78, 5) is 13.1. The molecular formula is C13H17N3O2. The minimum atomic E-state index is -0.0248. The van der Waals surface area contributed by atoms with Gasteiger partial charge in [-0.15, -0.1) is 0 Å². The molecule has 0 saturated carbocycles. The van der Waals surface area contributed by atoms with Gasteiger partial charge < -0.3 is 15.0 Å². The van der Waals surface area contributed by atoms with E-state index in [2.05, 4.69) is 11.4 Å². The third-order valence-electron chi connectivity index (χ3n) is 2.69. The van der Waals surface area contributed by atoms with Crippen molar-refractivity contribution in [2.75, 3.05) is 32.6 Å². The fraction of sp³-hybridized carbons (Fsp3) is 0.385. The van der Waals surface area contributed by atoms with E-state index in [1.165, 1.54) is 0 Å². The Morgan fingerprint density at radius 1 is 1.56 bits per heavy atom. The second-order valence-corrected chi connectivity index (χ2v) is 3.84. The van der Waals surface area contributed by atoms with Crippen LogP contribution in [0.25, 0.3) is 0 Å². The lowest BCUT2D eigenvalue weighted by molar-refractivity contribution is -0.120. The van der Waals surface area contributed by atoms with Crippen molar-refractivity contribution in [2.45, 2.75) is 6.42 Å². The van der Waals surface area contributed by atoms with E-state index in [0.29, 0.717) is 24.3 Å². The number of amides is 1. The second kappa shape index (κ2) is 6.50. The summed E-state index contributed by atoms with van der Waals surface area (Å²) in [5.41, 5.74) is 1.33. The number of ether oxygens (including phenoxy) is 1. The standard InChI is InChI=1S/C13H17N3O2/c1-15-13(17)6-7-16(2)12-8-11(18-3)5-4-10(12)9-14/h4-5,8H,6-7H2,1-3H3,(H,15,17). The van der Waals surface area contributed by atoms with Gasteiger partial charge in [-0.05, 0) is 12.1 Å². The molecule has 96 valence electrons. The zero-order chi connectivity index (χ0) is 13.5. The summed E-state index contributed by atoms with van der Waals surface area (Å²) >= 11 is 0. The van der Waals surface area contributed by atoms with Gasteiger partial charge >= 0.3 is 0 Å². The van der Waals surface area contributed by atoms with Crippen molar-refractivity contribution in [1.82, 2.24) is 5.32 Å². The maximum Gasteiger partial charge on any atom is 0.221 e. The van der Waals surface area contributed by atoms with E-state index < -0.39 is 0 Å². The first kappa shape index (κ1) is 13.8. The molecule has 0 heterocycles. The molecule has 0 saturated heterocycles. The van der Waals surface area contributed by atoms with Crippen molar-refractivity contribution < 1.29 is 9.53 Å². The predicted molar refractivity (Wildman–Crippen MR) is 69.7 cm³/mol. The molecule has 1 rings (SSSR count). The summed E-state index contributed by atoms with van der Waals surface area (Å²) in [6.45, 7) is 0.543. The zero-order valence-electron chi connectivity index (χ0n) is 10.9. The van der Waals surface area contributed by atoms with Crippen LogP contribution >= 0.6 is 0 Å². The van der Waals surface area contributed by atoms with Crippen LogP contribution in [0.15, 0.2) is 18.2 Å². The number of carbonyl (C=O) groups is 1. The summed E-state index contributed by atoms with van der Waals surface area (Å²) in [5, 5.41) is 11.6. The normalized spacial score (nSPS) is 9.44. The Hall–Kier alpha value is -2.22. The Kier molecular flexibility index (Phi) is 5.00. The van der Waals surface area contributed by atoms with E-state index in [9.17, 15) is 4.79 Å². The van der Waals surface area contributed by atoms with Gasteiger partial charge in [0, 0.05) is 33.1 Å². The third kappa shape index (κ3) is 3.39. The largest absolute Gasteiger partial charge is 0.497 e. The molecular weight excluding hydrogens is 230 g/mol. The average Bonchev–Trinajstić information content (AvgIpc) is 2.43. The van der Waals surface area contributed by atoms with Gasteiger partial charge in [0.1, 0.15) is 11.8 Å². The molecule has 0 radical (unpaired) electrons. The van der Waals surface area contributed by atoms with Crippen molar-refractivity contribution in [3.63, 3.8) is 0 Å². The van der Waals surface area contributed by atoms with Crippen LogP contribution in [0.5, 0.6) is 5.75 Å². The van der Waals surface area contributed by atoms with E-state index in [1.807, 2.05) is 11.9 Å². The highest BCUT2D eigenvalue weighted by Crippen LogP contribution is 2.24. The summed E-state index contributed by atoms with van der Waals surface area (Å²) < 4.78 is 5.14. The van der Waals surface area contributed by atoms with Crippen LogP contribution in [0.2, 0.25) is 0 Å². The van der Waals surface area contributed by atoms with Crippen LogP contribution in [0.1, 0.15) is 12.0 Å². The molecule has 18 heavy (non-hydrogen) atoms. The molecule has 5 heteroatoms. The van der Waals surface area contributed by atoms with Crippen molar-refractivity contribution in [1.29, 1.82) is 5.26 Å². The average molecular weight is 247 g/mol. The van der Waals surface area contributed by atoms with Gasteiger partial charge in [0.05, 0.1) is 18.4 Å². The van der Waals surface area contributed by atoms with Gasteiger partial charge in [-0.2, -0.15) is 5.26 Å². The highest BCUT2D eigenvalue weighted by molar-refractivity contribution is 5.76. The van der Waals surface area contributed by atoms with E-state index in [4.69, 9.17) is 10.00 Å². The molecule has 0 aliphatic rings. The summed E-state index contributed by atoms with van der Waals surface area (Å²) in [6.07, 6.45) is 0.384. The number of benzene rings is 1. The lowest BCUT2D eigenvalue weighted by Gasteiger charge is -2.20. The van der Waals surface area contributed by atoms with Crippen molar-refractivity contribution in [3.8, 4) is 11.8 Å². The second-order valence-electron chi connectivity index (χ2n) is 3.84. The van der Waals surface area contributed by atoms with Crippen LogP contribution in [0, 0.1) is 11.3 Å². The number of nitrogens with zero attached hydrogens (tertiary/aromatic N) is 2. The molecule has 0 aromatic heterocycles. The Labute approximate surface area is 107 Å². The summed E-state index contributed by atoms with van der Waals surface area (Å²) in [7, 11) is 5.03. The van der Waals surface area contributed by atoms with Crippen LogP contribution in [0.4, 0.5) is 5.69 Å². The van der Waals surface area contributed by atoms with Gasteiger partial charge in [0.25, 0.3) is 0 Å². The molecule has 5 nitrogen and oxygen atoms in total. The summed E-state index contributed by atoms with van der Waals surface area (Å²) in [5.74, 6) is 0.666. The molecule has 0 aliphatic carbocycles. The molecule has 1 aromatic carbocycles. The molecule has 0 spiro atoms. The van der Waals surface area contributed by atoms with Gasteiger partial charge in [-0.1, -0.05) is 0 Å². The molecule has 1 amide bonds. The first-order valence-corrected chi connectivity index (χ1v) is 5.62. The number of nitrogens with one attached hydrogen (secondary N) is 1. The molecule has 1 N–H and O–H groups in total. The van der Waals surface area contributed by atoms with Crippen molar-refractivity contribution >= 4 is 11.6 Å². The predicted octanol–water partition coefficient (Wildman–Crippen LogP) is 1.14. The first-order chi connectivity index (χ1) is 8.62. The number of rotatable bonds is 5. The Morgan fingerprint density at radius 3 is 2.83 bits per heavy atom. The molecule has 0 bridgehead atoms. The van der Waals surface area contributed by atoms with Crippen LogP contribution in [-0.2, 0) is 4.79 Å². The molecule has 0 fully saturated rings. The molecule has 1 aromatic rings. The highest BCUT2D eigenvalue weighted by atomic mass is 16.5. The number of methoxy groups -OCH3 is 1. The number of hydrogen-bond donors (Lipinski definition) is 1. The number of hydrogen-bond acceptors (Lipinski definition) is 4. The SMILES string of the molecule is CNC(=O)CCN(C)c1cc(OC)ccc1C#N. The third-order valence-corrected chi connectivity index (χ3v) is 2.69. The summed E-state index contributed by atoms with van der Waals surface area (Å²) in [6, 6.07) is 7.38. The lowest BCUT2D eigenvalue weighted by Crippen LogP contribution is -2.26. The molecule has 0 unspecified atom stereocenters. The fourth-order valence-corrected chi connectivity index (χ4v) is 1.56. The zero-order valence-corrected chi connectivity index (χ0v) is 10.9. The van der Waals surface area contributed by atoms with E-state index in [0.717, 1.165) is 5.69 Å². The minimum Gasteiger partial charge on any atom is -0.497 e. The topological polar surface area (TPSA) is 65.4 Å². The van der Waals surface area contributed by atoms with Crippen LogP contribution < -0.4 is 15.0 Å². The van der Waals surface area contributed by atoms with Gasteiger partial charge in [0.15, 0.2) is 0 Å². The van der Waals surface area contributed by atoms with Gasteiger partial charge in [0.2, 0.25) is 5.91 Å². The Bertz CT molecular complexity index is 466. The number of anilines is 1. The smallest absolute Gasteiger partial charge is 0.221 e. The number of nitriles is 1. The first-order valence-electron chi connectivity index (χ1n) is 5.62. The van der Waals surface area contributed by atoms with Crippen LogP contribution in [0.3, 0.4) is 0 Å². The van der Waals surface area contributed by atoms with Crippen LogP contribution in [-0.4, -0.2) is 33.7 Å². The van der Waals surface area contributed by atoms with Gasteiger partial charge in [-0.25, -0.2) is 0 Å². The maximum atomic E-state index is 11.2. The lowest BCUT2D eigenvalue weighted by atomic mass is 10.1. The van der Waals surface area contributed by atoms with Crippen molar-refractivity contribution in [3.05, 3.63) is 23.8 Å². The quantitative estimate of drug-likeness (QED) is 0.847. The molecule has 0 atom stereocenters. The fourth-order valence-electron chi connectivity index (χ4n) is 1.56. The van der Waals surface area contributed by atoms with Crippen molar-refractivity contribution in [2.24, 2.45) is 0 Å². The van der Waals surface area contributed by atoms with E-state index in [1.54, 1.807) is 32.4 Å². The minimum absolute atomic E-state index is 0.0248. The highest BCUT2D eigenvalue weighted by Gasteiger charge is 2.10. The number of carbonyl (C=O) groups excluding carboxylic acids is 1. The van der Waals surface area contributed by atoms with Gasteiger partial charge in [-0.3, -0.25) is 4.79 Å². The van der Waals surface area contributed by atoms with E-state index >= 15 is 0 Å². The monoisotopic (exact) mass is 247 g/mol. The van der Waals surface area contributed by atoms with E-state index in [-0.39, 0.29) is 5.91 Å². The molecule has 0 aliphatic heterocycles.